The summed E-state index contributed by atoms with van der Waals surface area (Å²) in [5.74, 6) is 1.49. The second-order valence-corrected chi connectivity index (χ2v) is 4.50. The molecule has 0 saturated heterocycles. The van der Waals surface area contributed by atoms with E-state index in [0.717, 1.165) is 22.6 Å². The number of hydrogen-bond donors (Lipinski definition) is 2. The van der Waals surface area contributed by atoms with E-state index >= 15 is 0 Å². The van der Waals surface area contributed by atoms with Gasteiger partial charge in [-0.3, -0.25) is 4.79 Å². The third-order valence-electron chi connectivity index (χ3n) is 2.14. The van der Waals surface area contributed by atoms with Gasteiger partial charge in [-0.1, -0.05) is 12.1 Å². The summed E-state index contributed by atoms with van der Waals surface area (Å²) < 4.78 is 0. The first-order valence-electron chi connectivity index (χ1n) is 4.99. The normalized spacial score (nSPS) is 10.8. The highest BCUT2D eigenvalue weighted by atomic mass is 32.2. The molecule has 0 aliphatic carbocycles. The minimum Gasteiger partial charge on any atom is -0.481 e. The molecule has 0 aliphatic rings. The zero-order valence-corrected chi connectivity index (χ0v) is 9.46. The monoisotopic (exact) mass is 236 g/mol. The van der Waals surface area contributed by atoms with Crippen LogP contribution in [0, 0.1) is 0 Å². The Kier molecular flexibility index (Phi) is 3.46. The summed E-state index contributed by atoms with van der Waals surface area (Å²) in [5, 5.41) is 8.49. The van der Waals surface area contributed by atoms with Crippen molar-refractivity contribution in [3.8, 4) is 0 Å². The van der Waals surface area contributed by atoms with Crippen LogP contribution in [0.1, 0.15) is 12.2 Å². The largest absolute Gasteiger partial charge is 0.481 e. The lowest BCUT2D eigenvalue weighted by Crippen LogP contribution is -1.96. The van der Waals surface area contributed by atoms with Crippen molar-refractivity contribution in [3.63, 3.8) is 0 Å². The predicted molar refractivity (Wildman–Crippen MR) is 64.5 cm³/mol. The first-order valence-corrected chi connectivity index (χ1v) is 6.14. The molecule has 0 atom stereocenters. The number of H-pyrrole nitrogens is 1. The molecule has 2 N–H and O–H groups in total. The van der Waals surface area contributed by atoms with Crippen LogP contribution in [0.25, 0.3) is 11.0 Å². The number of rotatable bonds is 5. The van der Waals surface area contributed by atoms with Crippen LogP contribution in [0.3, 0.4) is 0 Å². The van der Waals surface area contributed by atoms with Crippen LogP contribution in [0.2, 0.25) is 0 Å². The summed E-state index contributed by atoms with van der Waals surface area (Å²) in [4.78, 5) is 17.9. The van der Waals surface area contributed by atoms with Crippen molar-refractivity contribution >= 4 is 28.8 Å². The zero-order chi connectivity index (χ0) is 11.4. The molecule has 1 heterocycles. The number of thioether (sulfide) groups is 1. The SMILES string of the molecule is O=C(O)CCSCc1nc2ccccc2[nH]1. The Bertz CT molecular complexity index is 462. The summed E-state index contributed by atoms with van der Waals surface area (Å²) in [6, 6.07) is 7.84. The van der Waals surface area contributed by atoms with Gasteiger partial charge in [0, 0.05) is 5.75 Å². The van der Waals surface area contributed by atoms with Crippen molar-refractivity contribution in [1.29, 1.82) is 0 Å². The molecule has 1 aromatic carbocycles. The van der Waals surface area contributed by atoms with Crippen molar-refractivity contribution < 1.29 is 9.90 Å². The fraction of sp³-hybridized carbons (Fsp3) is 0.273. The lowest BCUT2D eigenvalue weighted by Gasteiger charge is -1.95. The molecule has 0 amide bonds. The van der Waals surface area contributed by atoms with Crippen LogP contribution in [0.15, 0.2) is 24.3 Å². The number of aromatic amines is 1. The summed E-state index contributed by atoms with van der Waals surface area (Å²) in [7, 11) is 0. The molecule has 0 bridgehead atoms. The quantitative estimate of drug-likeness (QED) is 0.781. The second kappa shape index (κ2) is 5.03. The van der Waals surface area contributed by atoms with Gasteiger partial charge in [-0.15, -0.1) is 0 Å². The third-order valence-corrected chi connectivity index (χ3v) is 3.11. The number of nitrogens with one attached hydrogen (secondary N) is 1. The van der Waals surface area contributed by atoms with E-state index < -0.39 is 5.97 Å². The van der Waals surface area contributed by atoms with Crippen molar-refractivity contribution in [3.05, 3.63) is 30.1 Å². The molecule has 5 heteroatoms. The van der Waals surface area contributed by atoms with Gasteiger partial charge in [0.05, 0.1) is 23.2 Å². The standard InChI is InChI=1S/C11H12N2O2S/c14-11(15)5-6-16-7-10-12-8-3-1-2-4-9(8)13-10/h1-4H,5-7H2,(H,12,13)(H,14,15). The average molecular weight is 236 g/mol. The van der Waals surface area contributed by atoms with Gasteiger partial charge < -0.3 is 10.1 Å². The lowest BCUT2D eigenvalue weighted by molar-refractivity contribution is -0.136. The van der Waals surface area contributed by atoms with Gasteiger partial charge in [-0.2, -0.15) is 11.8 Å². The van der Waals surface area contributed by atoms with E-state index in [1.807, 2.05) is 24.3 Å². The summed E-state index contributed by atoms with van der Waals surface area (Å²) in [6.45, 7) is 0. The van der Waals surface area contributed by atoms with Crippen LogP contribution in [-0.4, -0.2) is 26.8 Å². The second-order valence-electron chi connectivity index (χ2n) is 3.40. The molecular weight excluding hydrogens is 224 g/mol. The Balaban J connectivity index is 1.92. The molecule has 0 fully saturated rings. The summed E-state index contributed by atoms with van der Waals surface area (Å²) in [6.07, 6.45) is 0.199. The number of benzene rings is 1. The number of carboxylic acids is 1. The minimum atomic E-state index is -0.753. The van der Waals surface area contributed by atoms with Gasteiger partial charge in [-0.25, -0.2) is 4.98 Å². The number of para-hydroxylation sites is 2. The Morgan fingerprint density at radius 3 is 3.00 bits per heavy atom. The third kappa shape index (κ3) is 2.76. The fourth-order valence-corrected chi connectivity index (χ4v) is 2.20. The van der Waals surface area contributed by atoms with Gasteiger partial charge >= 0.3 is 5.97 Å². The first-order chi connectivity index (χ1) is 7.75. The lowest BCUT2D eigenvalue weighted by atomic mass is 10.3. The maximum Gasteiger partial charge on any atom is 0.304 e. The summed E-state index contributed by atoms with van der Waals surface area (Å²) >= 11 is 1.58. The van der Waals surface area contributed by atoms with E-state index in [2.05, 4.69) is 9.97 Å². The van der Waals surface area contributed by atoms with E-state index in [-0.39, 0.29) is 6.42 Å². The maximum absolute atomic E-state index is 10.3. The highest BCUT2D eigenvalue weighted by Crippen LogP contribution is 2.15. The van der Waals surface area contributed by atoms with Crippen molar-refractivity contribution in [2.45, 2.75) is 12.2 Å². The topological polar surface area (TPSA) is 66.0 Å². The Hall–Kier alpha value is -1.49. The number of carboxylic acid groups (broad SMARTS) is 1. The molecule has 0 radical (unpaired) electrons. The van der Waals surface area contributed by atoms with Crippen molar-refractivity contribution in [1.82, 2.24) is 9.97 Å². The van der Waals surface area contributed by atoms with E-state index in [1.54, 1.807) is 11.8 Å². The zero-order valence-electron chi connectivity index (χ0n) is 8.64. The number of hydrogen-bond acceptors (Lipinski definition) is 3. The summed E-state index contributed by atoms with van der Waals surface area (Å²) in [5.41, 5.74) is 1.98. The molecule has 2 rings (SSSR count). The highest BCUT2D eigenvalue weighted by molar-refractivity contribution is 7.98. The van der Waals surface area contributed by atoms with Gasteiger partial charge in [-0.05, 0) is 12.1 Å². The van der Waals surface area contributed by atoms with Gasteiger partial charge in [0.15, 0.2) is 0 Å². The highest BCUT2D eigenvalue weighted by Gasteiger charge is 2.02. The number of fused-ring (bicyclic) bond motifs is 1. The molecule has 2 aromatic rings. The van der Waals surface area contributed by atoms with Crippen LogP contribution in [-0.2, 0) is 10.5 Å². The average Bonchev–Trinajstić information content (AvgIpc) is 2.66. The molecule has 0 saturated carbocycles. The first kappa shape index (κ1) is 11.0. The molecular formula is C11H12N2O2S. The predicted octanol–water partition coefficient (Wildman–Crippen LogP) is 2.27. The van der Waals surface area contributed by atoms with Crippen molar-refractivity contribution in [2.75, 3.05) is 5.75 Å². The van der Waals surface area contributed by atoms with Gasteiger partial charge in [0.25, 0.3) is 0 Å². The van der Waals surface area contributed by atoms with E-state index in [4.69, 9.17) is 5.11 Å². The minimum absolute atomic E-state index is 0.199. The number of aromatic nitrogens is 2. The number of carbonyl (C=O) groups is 1. The Labute approximate surface area is 97.1 Å². The van der Waals surface area contributed by atoms with Crippen LogP contribution < -0.4 is 0 Å². The van der Waals surface area contributed by atoms with Crippen LogP contribution in [0.4, 0.5) is 0 Å². The van der Waals surface area contributed by atoms with E-state index in [1.165, 1.54) is 0 Å². The van der Waals surface area contributed by atoms with Gasteiger partial charge in [0.1, 0.15) is 5.82 Å². The fourth-order valence-electron chi connectivity index (χ4n) is 1.40. The van der Waals surface area contributed by atoms with E-state index in [0.29, 0.717) is 5.75 Å². The number of aliphatic carboxylic acids is 1. The molecule has 1 aromatic heterocycles. The maximum atomic E-state index is 10.3. The molecule has 0 aliphatic heterocycles. The van der Waals surface area contributed by atoms with Crippen LogP contribution >= 0.6 is 11.8 Å². The molecule has 16 heavy (non-hydrogen) atoms. The molecule has 0 unspecified atom stereocenters. The smallest absolute Gasteiger partial charge is 0.304 e. The molecule has 0 spiro atoms. The van der Waals surface area contributed by atoms with E-state index in [9.17, 15) is 4.79 Å². The number of imidazole rings is 1. The van der Waals surface area contributed by atoms with Crippen LogP contribution in [0.5, 0.6) is 0 Å². The Morgan fingerprint density at radius 2 is 2.25 bits per heavy atom. The van der Waals surface area contributed by atoms with Crippen molar-refractivity contribution in [2.24, 2.45) is 0 Å². The van der Waals surface area contributed by atoms with Gasteiger partial charge in [0.2, 0.25) is 0 Å². The Morgan fingerprint density at radius 1 is 1.44 bits per heavy atom. The molecule has 84 valence electrons. The number of nitrogens with zero attached hydrogens (tertiary/aromatic N) is 1. The molecule has 4 nitrogen and oxygen atoms in total.